The maximum atomic E-state index is 12.0. The van der Waals surface area contributed by atoms with Crippen LogP contribution in [0.4, 0.5) is 0 Å². The van der Waals surface area contributed by atoms with Crippen molar-refractivity contribution in [1.82, 2.24) is 10.3 Å². The van der Waals surface area contributed by atoms with Crippen molar-refractivity contribution < 1.29 is 14.3 Å². The Balaban J connectivity index is 1.47. The van der Waals surface area contributed by atoms with Crippen LogP contribution in [0.25, 0.3) is 0 Å². The number of H-pyrrole nitrogens is 1. The van der Waals surface area contributed by atoms with Crippen LogP contribution in [0.3, 0.4) is 0 Å². The van der Waals surface area contributed by atoms with Gasteiger partial charge in [0.1, 0.15) is 5.56 Å². The molecule has 1 heterocycles. The number of hydrogen-bond acceptors (Lipinski definition) is 4. The van der Waals surface area contributed by atoms with Crippen molar-refractivity contribution in [1.29, 1.82) is 0 Å². The monoisotopic (exact) mass is 318 g/mol. The van der Waals surface area contributed by atoms with Gasteiger partial charge in [0.25, 0.3) is 11.5 Å². The van der Waals surface area contributed by atoms with E-state index in [-0.39, 0.29) is 24.1 Å². The van der Waals surface area contributed by atoms with Crippen LogP contribution >= 0.6 is 0 Å². The molecule has 1 aromatic heterocycles. The van der Waals surface area contributed by atoms with E-state index < -0.39 is 11.5 Å². The summed E-state index contributed by atoms with van der Waals surface area (Å²) in [5, 5.41) is 2.93. The van der Waals surface area contributed by atoms with Gasteiger partial charge in [-0.15, -0.1) is 0 Å². The van der Waals surface area contributed by atoms with Gasteiger partial charge in [0.15, 0.2) is 6.61 Å². The summed E-state index contributed by atoms with van der Waals surface area (Å²) in [4.78, 5) is 37.6. The quantitative estimate of drug-likeness (QED) is 0.805. The number of fused-ring (bicyclic) bond motifs is 2. The van der Waals surface area contributed by atoms with E-state index in [1.807, 2.05) is 6.92 Å². The molecule has 2 saturated carbocycles. The molecular formula is C17H22N2O4. The summed E-state index contributed by atoms with van der Waals surface area (Å²) in [6.45, 7) is 1.66. The van der Waals surface area contributed by atoms with Crippen LogP contribution in [-0.2, 0) is 9.53 Å². The lowest BCUT2D eigenvalue weighted by Crippen LogP contribution is -2.42. The zero-order chi connectivity index (χ0) is 16.4. The van der Waals surface area contributed by atoms with E-state index in [0.717, 1.165) is 11.8 Å². The second-order valence-corrected chi connectivity index (χ2v) is 6.68. The average molecular weight is 318 g/mol. The molecule has 0 aromatic carbocycles. The maximum absolute atomic E-state index is 12.0. The smallest absolute Gasteiger partial charge is 0.344 e. The van der Waals surface area contributed by atoms with Crippen LogP contribution in [0.15, 0.2) is 23.1 Å². The van der Waals surface area contributed by atoms with Crippen molar-refractivity contribution in [2.24, 2.45) is 17.8 Å². The second kappa shape index (κ2) is 6.56. The first-order valence-corrected chi connectivity index (χ1v) is 8.18. The number of aromatic amines is 1. The highest BCUT2D eigenvalue weighted by Crippen LogP contribution is 2.49. The van der Waals surface area contributed by atoms with Crippen LogP contribution in [0.2, 0.25) is 0 Å². The van der Waals surface area contributed by atoms with E-state index in [9.17, 15) is 14.4 Å². The highest BCUT2D eigenvalue weighted by molar-refractivity contribution is 5.90. The van der Waals surface area contributed by atoms with Crippen molar-refractivity contribution in [2.75, 3.05) is 6.61 Å². The number of nitrogens with one attached hydrogen (secondary N) is 2. The minimum atomic E-state index is -0.783. The summed E-state index contributed by atoms with van der Waals surface area (Å²) in [6.07, 6.45) is 6.50. The molecule has 3 rings (SSSR count). The van der Waals surface area contributed by atoms with Crippen LogP contribution in [0.5, 0.6) is 0 Å². The number of pyridine rings is 1. The molecule has 2 fully saturated rings. The lowest BCUT2D eigenvalue weighted by atomic mass is 9.84. The molecule has 0 saturated heterocycles. The Morgan fingerprint density at radius 3 is 2.87 bits per heavy atom. The van der Waals surface area contributed by atoms with Crippen molar-refractivity contribution in [3.8, 4) is 0 Å². The van der Waals surface area contributed by atoms with Crippen LogP contribution in [0, 0.1) is 17.8 Å². The molecule has 1 amide bonds. The van der Waals surface area contributed by atoms with Crippen LogP contribution in [-0.4, -0.2) is 29.5 Å². The van der Waals surface area contributed by atoms with E-state index in [1.54, 1.807) is 0 Å². The van der Waals surface area contributed by atoms with E-state index in [1.165, 1.54) is 44.0 Å². The molecule has 6 nitrogen and oxygen atoms in total. The largest absolute Gasteiger partial charge is 0.452 e. The Labute approximate surface area is 134 Å². The maximum Gasteiger partial charge on any atom is 0.344 e. The normalized spacial score (nSPS) is 26.7. The number of rotatable bonds is 5. The molecule has 0 aliphatic heterocycles. The summed E-state index contributed by atoms with van der Waals surface area (Å²) in [5.41, 5.74) is -0.616. The van der Waals surface area contributed by atoms with Gasteiger partial charge in [-0.25, -0.2) is 4.79 Å². The fourth-order valence-electron chi connectivity index (χ4n) is 4.10. The third kappa shape index (κ3) is 3.46. The Morgan fingerprint density at radius 2 is 2.22 bits per heavy atom. The van der Waals surface area contributed by atoms with Gasteiger partial charge < -0.3 is 15.0 Å². The van der Waals surface area contributed by atoms with E-state index >= 15 is 0 Å². The van der Waals surface area contributed by atoms with E-state index in [4.69, 9.17) is 4.74 Å². The van der Waals surface area contributed by atoms with Crippen LogP contribution in [0.1, 0.15) is 43.0 Å². The molecule has 4 atom stereocenters. The summed E-state index contributed by atoms with van der Waals surface area (Å²) in [6, 6.07) is 3.00. The van der Waals surface area contributed by atoms with Gasteiger partial charge in [-0.05, 0) is 56.1 Å². The summed E-state index contributed by atoms with van der Waals surface area (Å²) >= 11 is 0. The minimum absolute atomic E-state index is 0.0941. The molecule has 2 aliphatic carbocycles. The predicted molar refractivity (Wildman–Crippen MR) is 83.9 cm³/mol. The van der Waals surface area contributed by atoms with Gasteiger partial charge in [-0.2, -0.15) is 0 Å². The summed E-state index contributed by atoms with van der Waals surface area (Å²) in [5.74, 6) is 0.980. The Kier molecular flexibility index (Phi) is 4.50. The number of carbonyl (C=O) groups excluding carboxylic acids is 2. The number of aromatic nitrogens is 1. The minimum Gasteiger partial charge on any atom is -0.452 e. The molecule has 0 radical (unpaired) electrons. The van der Waals surface area contributed by atoms with Gasteiger partial charge in [0.05, 0.1) is 0 Å². The third-order valence-electron chi connectivity index (χ3n) is 5.20. The molecule has 2 N–H and O–H groups in total. The molecule has 0 unspecified atom stereocenters. The molecule has 1 aromatic rings. The van der Waals surface area contributed by atoms with Crippen LogP contribution < -0.4 is 10.9 Å². The first-order chi connectivity index (χ1) is 11.0. The molecule has 2 bridgehead atoms. The van der Waals surface area contributed by atoms with Gasteiger partial charge >= 0.3 is 5.97 Å². The fraction of sp³-hybridized carbons (Fsp3) is 0.588. The van der Waals surface area contributed by atoms with Gasteiger partial charge in [0.2, 0.25) is 0 Å². The summed E-state index contributed by atoms with van der Waals surface area (Å²) in [7, 11) is 0. The average Bonchev–Trinajstić information content (AvgIpc) is 3.16. The fourth-order valence-corrected chi connectivity index (χ4v) is 4.10. The first-order valence-electron chi connectivity index (χ1n) is 8.18. The lowest BCUT2D eigenvalue weighted by molar-refractivity contribution is -0.125. The molecule has 6 heteroatoms. The Hall–Kier alpha value is -2.11. The van der Waals surface area contributed by atoms with Crippen molar-refractivity contribution in [3.63, 3.8) is 0 Å². The standard InChI is InChI=1S/C17H22N2O4/c1-10(14-8-11-4-5-12(14)7-11)19-15(20)9-23-17(22)13-3-2-6-18-16(13)21/h2-3,6,10-12,14H,4-5,7-9H2,1H3,(H,18,21)(H,19,20)/t10-,11-,12-,14+/m0/s1. The third-order valence-corrected chi connectivity index (χ3v) is 5.20. The number of carbonyl (C=O) groups is 2. The first kappa shape index (κ1) is 15.8. The highest BCUT2D eigenvalue weighted by Gasteiger charge is 2.42. The van der Waals surface area contributed by atoms with Crippen molar-refractivity contribution in [2.45, 2.75) is 38.6 Å². The number of hydrogen-bond donors (Lipinski definition) is 2. The van der Waals surface area contributed by atoms with E-state index in [2.05, 4.69) is 10.3 Å². The lowest BCUT2D eigenvalue weighted by Gasteiger charge is -2.28. The topological polar surface area (TPSA) is 88.3 Å². The zero-order valence-electron chi connectivity index (χ0n) is 13.2. The highest BCUT2D eigenvalue weighted by atomic mass is 16.5. The van der Waals surface area contributed by atoms with Crippen molar-refractivity contribution in [3.05, 3.63) is 34.2 Å². The number of esters is 1. The second-order valence-electron chi connectivity index (χ2n) is 6.68. The van der Waals surface area contributed by atoms with Crippen molar-refractivity contribution >= 4 is 11.9 Å². The van der Waals surface area contributed by atoms with Gasteiger partial charge in [-0.3, -0.25) is 9.59 Å². The zero-order valence-corrected chi connectivity index (χ0v) is 13.2. The molecule has 124 valence electrons. The molecule has 23 heavy (non-hydrogen) atoms. The molecule has 0 spiro atoms. The predicted octanol–water partition coefficient (Wildman–Crippen LogP) is 1.47. The summed E-state index contributed by atoms with van der Waals surface area (Å²) < 4.78 is 4.93. The Morgan fingerprint density at radius 1 is 1.39 bits per heavy atom. The van der Waals surface area contributed by atoms with Gasteiger partial charge in [-0.1, -0.05) is 6.42 Å². The SMILES string of the molecule is C[C@H](NC(=O)COC(=O)c1ccc[nH]c1=O)[C@H]1C[C@H]2CC[C@H]1C2. The molecule has 2 aliphatic rings. The Bertz CT molecular complexity index is 654. The number of ether oxygens (including phenoxy) is 1. The van der Waals surface area contributed by atoms with Gasteiger partial charge in [0, 0.05) is 12.2 Å². The van der Waals surface area contributed by atoms with E-state index in [0.29, 0.717) is 5.92 Å². The molecular weight excluding hydrogens is 296 g/mol. The number of amides is 1.